The summed E-state index contributed by atoms with van der Waals surface area (Å²) < 4.78 is 0. The maximum atomic E-state index is 11.9. The molecule has 0 saturated heterocycles. The molecule has 2 rings (SSSR count). The summed E-state index contributed by atoms with van der Waals surface area (Å²) in [4.78, 5) is 16.2. The second-order valence-electron chi connectivity index (χ2n) is 4.00. The minimum atomic E-state index is 0.0350. The van der Waals surface area contributed by atoms with Crippen LogP contribution in [0.15, 0.2) is 18.3 Å². The van der Waals surface area contributed by atoms with Crippen LogP contribution < -0.4 is 5.73 Å². The average Bonchev–Trinajstić information content (AvgIpc) is 2.69. The third-order valence-corrected chi connectivity index (χ3v) is 2.97. The fourth-order valence-electron chi connectivity index (χ4n) is 2.18. The monoisotopic (exact) mass is 204 g/mol. The molecule has 0 amide bonds. The van der Waals surface area contributed by atoms with Crippen LogP contribution in [0.25, 0.3) is 0 Å². The predicted octanol–water partition coefficient (Wildman–Crippen LogP) is 1.42. The summed E-state index contributed by atoms with van der Waals surface area (Å²) >= 11 is 0. The molecule has 0 fully saturated rings. The van der Waals surface area contributed by atoms with Gasteiger partial charge in [0.1, 0.15) is 5.78 Å². The molecule has 0 radical (unpaired) electrons. The zero-order valence-electron chi connectivity index (χ0n) is 8.78. The molecular formula is C12H16N2O. The van der Waals surface area contributed by atoms with Gasteiger partial charge in [0.05, 0.1) is 11.6 Å². The average molecular weight is 204 g/mol. The van der Waals surface area contributed by atoms with Crippen molar-refractivity contribution in [2.45, 2.75) is 31.6 Å². The fourth-order valence-corrected chi connectivity index (χ4v) is 2.18. The fraction of sp³-hybridized carbons (Fsp3) is 0.500. The minimum absolute atomic E-state index is 0.0350. The highest BCUT2D eigenvalue weighted by Gasteiger charge is 2.28. The van der Waals surface area contributed by atoms with E-state index in [1.807, 2.05) is 6.07 Å². The molecule has 0 spiro atoms. The molecule has 1 aliphatic carbocycles. The summed E-state index contributed by atoms with van der Waals surface area (Å²) in [7, 11) is 0. The number of hydrogen-bond donors (Lipinski definition) is 1. The molecule has 1 unspecified atom stereocenters. The van der Waals surface area contributed by atoms with Crippen molar-refractivity contribution < 1.29 is 4.79 Å². The Morgan fingerprint density at radius 3 is 3.27 bits per heavy atom. The molecule has 2 N–H and O–H groups in total. The Balaban J connectivity index is 2.10. The van der Waals surface area contributed by atoms with Crippen molar-refractivity contribution >= 4 is 5.78 Å². The minimum Gasteiger partial charge on any atom is -0.330 e. The van der Waals surface area contributed by atoms with Crippen molar-refractivity contribution in [3.8, 4) is 0 Å². The van der Waals surface area contributed by atoms with Gasteiger partial charge in [0, 0.05) is 12.6 Å². The third-order valence-electron chi connectivity index (χ3n) is 2.97. The topological polar surface area (TPSA) is 56.0 Å². The van der Waals surface area contributed by atoms with E-state index >= 15 is 0 Å². The molecular weight excluding hydrogens is 188 g/mol. The van der Waals surface area contributed by atoms with Crippen LogP contribution in [-0.4, -0.2) is 17.3 Å². The molecule has 0 saturated carbocycles. The highest BCUT2D eigenvalue weighted by molar-refractivity contribution is 5.86. The predicted molar refractivity (Wildman–Crippen MR) is 58.6 cm³/mol. The summed E-state index contributed by atoms with van der Waals surface area (Å²) in [5.74, 6) is 0.339. The zero-order valence-corrected chi connectivity index (χ0v) is 8.78. The van der Waals surface area contributed by atoms with E-state index in [4.69, 9.17) is 5.73 Å². The SMILES string of the molecule is NCCCC(=O)C1CCc2cccnc21. The Hall–Kier alpha value is -1.22. The molecule has 1 heterocycles. The molecule has 3 nitrogen and oxygen atoms in total. The van der Waals surface area contributed by atoms with Crippen molar-refractivity contribution in [3.05, 3.63) is 29.6 Å². The number of fused-ring (bicyclic) bond motifs is 1. The summed E-state index contributed by atoms with van der Waals surface area (Å²) in [5.41, 5.74) is 7.64. The molecule has 1 aliphatic rings. The number of ketones is 1. The van der Waals surface area contributed by atoms with Crippen LogP contribution >= 0.6 is 0 Å². The lowest BCUT2D eigenvalue weighted by atomic mass is 9.98. The van der Waals surface area contributed by atoms with Gasteiger partial charge >= 0.3 is 0 Å². The van der Waals surface area contributed by atoms with Crippen LogP contribution in [0.4, 0.5) is 0 Å². The van der Waals surface area contributed by atoms with Gasteiger partial charge in [0.25, 0.3) is 0 Å². The first-order valence-corrected chi connectivity index (χ1v) is 5.49. The second kappa shape index (κ2) is 4.53. The molecule has 1 aromatic heterocycles. The maximum absolute atomic E-state index is 11.9. The molecule has 80 valence electrons. The quantitative estimate of drug-likeness (QED) is 0.807. The number of carbonyl (C=O) groups is 1. The Bertz CT molecular complexity index is 362. The van der Waals surface area contributed by atoms with Crippen molar-refractivity contribution in [1.82, 2.24) is 4.98 Å². The van der Waals surface area contributed by atoms with Gasteiger partial charge in [0.15, 0.2) is 0 Å². The summed E-state index contributed by atoms with van der Waals surface area (Å²) in [6.07, 6.45) is 5.07. The van der Waals surface area contributed by atoms with E-state index in [0.29, 0.717) is 18.7 Å². The number of nitrogens with two attached hydrogens (primary N) is 1. The van der Waals surface area contributed by atoms with E-state index < -0.39 is 0 Å². The summed E-state index contributed by atoms with van der Waals surface area (Å²) in [6.45, 7) is 0.591. The summed E-state index contributed by atoms with van der Waals surface area (Å²) in [6, 6.07) is 4.00. The molecule has 3 heteroatoms. The smallest absolute Gasteiger partial charge is 0.141 e. The molecule has 0 aliphatic heterocycles. The Labute approximate surface area is 89.7 Å². The number of aromatic nitrogens is 1. The van der Waals surface area contributed by atoms with E-state index in [9.17, 15) is 4.79 Å². The van der Waals surface area contributed by atoms with Gasteiger partial charge in [0.2, 0.25) is 0 Å². The van der Waals surface area contributed by atoms with Crippen molar-refractivity contribution in [1.29, 1.82) is 0 Å². The first-order valence-electron chi connectivity index (χ1n) is 5.49. The largest absolute Gasteiger partial charge is 0.330 e. The number of carbonyl (C=O) groups excluding carboxylic acids is 1. The lowest BCUT2D eigenvalue weighted by molar-refractivity contribution is -0.120. The standard InChI is InChI=1S/C12H16N2O/c13-7-1-4-11(15)10-6-5-9-3-2-8-14-12(9)10/h2-3,8,10H,1,4-7,13H2. The van der Waals surface area contributed by atoms with Crippen LogP contribution in [0.5, 0.6) is 0 Å². The van der Waals surface area contributed by atoms with E-state index in [2.05, 4.69) is 11.1 Å². The lowest BCUT2D eigenvalue weighted by Crippen LogP contribution is -2.12. The number of aryl methyl sites for hydroxylation is 1. The number of nitrogens with zero attached hydrogens (tertiary/aromatic N) is 1. The maximum Gasteiger partial charge on any atom is 0.141 e. The highest BCUT2D eigenvalue weighted by Crippen LogP contribution is 2.32. The van der Waals surface area contributed by atoms with E-state index in [-0.39, 0.29) is 5.92 Å². The Morgan fingerprint density at radius 1 is 1.60 bits per heavy atom. The molecule has 0 bridgehead atoms. The van der Waals surface area contributed by atoms with Crippen molar-refractivity contribution in [3.63, 3.8) is 0 Å². The molecule has 1 aromatic rings. The van der Waals surface area contributed by atoms with Gasteiger partial charge in [-0.1, -0.05) is 6.07 Å². The van der Waals surface area contributed by atoms with Crippen molar-refractivity contribution in [2.75, 3.05) is 6.54 Å². The highest BCUT2D eigenvalue weighted by atomic mass is 16.1. The van der Waals surface area contributed by atoms with Gasteiger partial charge in [-0.2, -0.15) is 0 Å². The lowest BCUT2D eigenvalue weighted by Gasteiger charge is -2.08. The molecule has 1 atom stereocenters. The van der Waals surface area contributed by atoms with Crippen LogP contribution in [-0.2, 0) is 11.2 Å². The Kier molecular flexibility index (Phi) is 3.11. The Morgan fingerprint density at radius 2 is 2.47 bits per heavy atom. The van der Waals surface area contributed by atoms with Gasteiger partial charge < -0.3 is 5.73 Å². The van der Waals surface area contributed by atoms with Gasteiger partial charge in [-0.05, 0) is 37.4 Å². The number of pyridine rings is 1. The van der Waals surface area contributed by atoms with Gasteiger partial charge in [-0.15, -0.1) is 0 Å². The first kappa shape index (κ1) is 10.3. The van der Waals surface area contributed by atoms with E-state index in [1.165, 1.54) is 5.56 Å². The van der Waals surface area contributed by atoms with Crippen LogP contribution in [0.3, 0.4) is 0 Å². The summed E-state index contributed by atoms with van der Waals surface area (Å²) in [5, 5.41) is 0. The zero-order chi connectivity index (χ0) is 10.7. The number of hydrogen-bond acceptors (Lipinski definition) is 3. The third kappa shape index (κ3) is 2.07. The molecule has 15 heavy (non-hydrogen) atoms. The van der Waals surface area contributed by atoms with Crippen LogP contribution in [0, 0.1) is 0 Å². The number of Topliss-reactive ketones (excluding diaryl/α,β-unsaturated/α-hetero) is 1. The van der Waals surface area contributed by atoms with E-state index in [1.54, 1.807) is 6.20 Å². The van der Waals surface area contributed by atoms with E-state index in [0.717, 1.165) is 25.0 Å². The normalized spacial score (nSPS) is 18.9. The number of rotatable bonds is 4. The second-order valence-corrected chi connectivity index (χ2v) is 4.00. The van der Waals surface area contributed by atoms with Gasteiger partial charge in [-0.3, -0.25) is 9.78 Å². The molecule has 0 aromatic carbocycles. The van der Waals surface area contributed by atoms with Crippen LogP contribution in [0.1, 0.15) is 36.4 Å². The van der Waals surface area contributed by atoms with Crippen molar-refractivity contribution in [2.24, 2.45) is 5.73 Å². The van der Waals surface area contributed by atoms with Gasteiger partial charge in [-0.25, -0.2) is 0 Å². The first-order chi connectivity index (χ1) is 7.33. The van der Waals surface area contributed by atoms with Crippen LogP contribution in [0.2, 0.25) is 0 Å².